The van der Waals surface area contributed by atoms with E-state index in [1.54, 1.807) is 0 Å². The van der Waals surface area contributed by atoms with Crippen LogP contribution in [0.4, 0.5) is 4.39 Å². The predicted molar refractivity (Wildman–Crippen MR) is 77.9 cm³/mol. The van der Waals surface area contributed by atoms with Gasteiger partial charge in [-0.3, -0.25) is 4.79 Å². The average molecular weight is 316 g/mol. The molecule has 1 saturated carbocycles. The van der Waals surface area contributed by atoms with Crippen molar-refractivity contribution in [1.82, 2.24) is 5.32 Å². The average Bonchev–Trinajstić information content (AvgIpc) is 3.26. The third-order valence-corrected chi connectivity index (χ3v) is 4.01. The Morgan fingerprint density at radius 3 is 2.86 bits per heavy atom. The molecule has 0 aromatic heterocycles. The van der Waals surface area contributed by atoms with Crippen LogP contribution in [-0.4, -0.2) is 29.8 Å². The summed E-state index contributed by atoms with van der Waals surface area (Å²) in [6.07, 6.45) is 2.20. The summed E-state index contributed by atoms with van der Waals surface area (Å²) in [6.45, 7) is 1.91. The first-order valence-electron chi connectivity index (χ1n) is 6.94. The molecule has 21 heavy (non-hydrogen) atoms. The van der Waals surface area contributed by atoms with Crippen molar-refractivity contribution in [2.24, 2.45) is 5.92 Å². The van der Waals surface area contributed by atoms with Gasteiger partial charge in [-0.25, -0.2) is 4.39 Å². The lowest BCUT2D eigenvalue weighted by Crippen LogP contribution is -2.51. The number of carbonyl (C=O) groups excluding carboxylic acids is 1. The fourth-order valence-corrected chi connectivity index (χ4v) is 2.44. The minimum Gasteiger partial charge on any atom is -0.491 e. The lowest BCUT2D eigenvalue weighted by molar-refractivity contribution is -0.124. The second kappa shape index (κ2) is 6.62. The minimum absolute atomic E-state index is 0.0753. The fourth-order valence-electron chi connectivity index (χ4n) is 2.22. The summed E-state index contributed by atoms with van der Waals surface area (Å²) in [5.41, 5.74) is -0.551. The monoisotopic (exact) mass is 315 g/mol. The molecule has 2 N–H and O–H groups in total. The maximum absolute atomic E-state index is 12.9. The summed E-state index contributed by atoms with van der Waals surface area (Å²) in [6, 6.07) is 3.84. The van der Waals surface area contributed by atoms with Gasteiger partial charge in [0.05, 0.1) is 30.2 Å². The smallest absolute Gasteiger partial charge is 0.223 e. The van der Waals surface area contributed by atoms with Crippen molar-refractivity contribution < 1.29 is 19.0 Å². The first kappa shape index (κ1) is 16.0. The highest BCUT2D eigenvalue weighted by Gasteiger charge is 2.41. The van der Waals surface area contributed by atoms with Crippen LogP contribution in [0.3, 0.4) is 0 Å². The molecule has 0 saturated heterocycles. The maximum atomic E-state index is 12.9. The van der Waals surface area contributed by atoms with Crippen molar-refractivity contribution in [2.75, 3.05) is 13.2 Å². The Bertz CT molecular complexity index is 522. The van der Waals surface area contributed by atoms with E-state index in [9.17, 15) is 14.3 Å². The molecule has 0 bridgehead atoms. The van der Waals surface area contributed by atoms with Gasteiger partial charge >= 0.3 is 0 Å². The van der Waals surface area contributed by atoms with E-state index in [0.717, 1.165) is 18.9 Å². The number of amides is 1. The van der Waals surface area contributed by atoms with Gasteiger partial charge in [0.1, 0.15) is 11.6 Å². The predicted octanol–water partition coefficient (Wildman–Crippen LogP) is 2.53. The quantitative estimate of drug-likeness (QED) is 0.813. The molecule has 0 spiro atoms. The van der Waals surface area contributed by atoms with Gasteiger partial charge in [0.2, 0.25) is 5.91 Å². The van der Waals surface area contributed by atoms with E-state index in [2.05, 4.69) is 5.32 Å². The molecule has 0 aliphatic heterocycles. The van der Waals surface area contributed by atoms with E-state index in [1.807, 2.05) is 6.92 Å². The van der Waals surface area contributed by atoms with E-state index < -0.39 is 11.4 Å². The molecule has 2 rings (SSSR count). The Morgan fingerprint density at radius 2 is 2.29 bits per heavy atom. The molecule has 0 radical (unpaired) electrons. The largest absolute Gasteiger partial charge is 0.491 e. The number of nitrogens with one attached hydrogen (secondary N) is 1. The molecule has 1 aliphatic rings. The molecule has 1 atom stereocenters. The highest BCUT2D eigenvalue weighted by Crippen LogP contribution is 2.39. The van der Waals surface area contributed by atoms with Gasteiger partial charge in [0.15, 0.2) is 0 Å². The summed E-state index contributed by atoms with van der Waals surface area (Å²) < 4.78 is 18.2. The first-order chi connectivity index (χ1) is 9.94. The van der Waals surface area contributed by atoms with Gasteiger partial charge in [-0.2, -0.15) is 0 Å². The van der Waals surface area contributed by atoms with Gasteiger partial charge in [0.25, 0.3) is 0 Å². The Morgan fingerprint density at radius 1 is 1.57 bits per heavy atom. The van der Waals surface area contributed by atoms with Crippen molar-refractivity contribution >= 4 is 17.5 Å². The number of hydrogen-bond donors (Lipinski definition) is 2. The lowest BCUT2D eigenvalue weighted by atomic mass is 9.97. The highest BCUT2D eigenvalue weighted by atomic mass is 35.5. The van der Waals surface area contributed by atoms with Crippen molar-refractivity contribution in [3.8, 4) is 5.75 Å². The number of rotatable bonds is 7. The highest BCUT2D eigenvalue weighted by molar-refractivity contribution is 6.32. The fraction of sp³-hybridized carbons (Fsp3) is 0.533. The van der Waals surface area contributed by atoms with E-state index >= 15 is 0 Å². The molecule has 6 heteroatoms. The topological polar surface area (TPSA) is 58.6 Å². The number of ether oxygens (including phenoxy) is 1. The van der Waals surface area contributed by atoms with Crippen LogP contribution < -0.4 is 10.1 Å². The van der Waals surface area contributed by atoms with Crippen molar-refractivity contribution in [3.63, 3.8) is 0 Å². The molecular formula is C15H19ClFNO3. The van der Waals surface area contributed by atoms with Gasteiger partial charge in [0, 0.05) is 0 Å². The van der Waals surface area contributed by atoms with Gasteiger partial charge in [-0.05, 0) is 43.9 Å². The summed E-state index contributed by atoms with van der Waals surface area (Å²) in [7, 11) is 0. The van der Waals surface area contributed by atoms with Crippen molar-refractivity contribution in [1.29, 1.82) is 0 Å². The van der Waals surface area contributed by atoms with Gasteiger partial charge in [-0.15, -0.1) is 0 Å². The van der Waals surface area contributed by atoms with E-state index in [4.69, 9.17) is 16.3 Å². The summed E-state index contributed by atoms with van der Waals surface area (Å²) >= 11 is 5.82. The molecule has 1 aromatic carbocycles. The minimum atomic E-state index is -0.551. The number of benzene rings is 1. The van der Waals surface area contributed by atoms with Crippen LogP contribution in [0.1, 0.15) is 26.2 Å². The summed E-state index contributed by atoms with van der Waals surface area (Å²) in [5, 5.41) is 12.4. The standard InChI is InChI=1S/C15H19ClFNO3/c1-15(9-19,10-2-3-10)18-14(20)6-7-21-13-5-4-11(17)8-12(13)16/h4-5,8,10,19H,2-3,6-7,9H2,1H3,(H,18,20). The van der Waals surface area contributed by atoms with Crippen LogP contribution in [0.15, 0.2) is 18.2 Å². The third-order valence-electron chi connectivity index (χ3n) is 3.71. The SMILES string of the molecule is CC(CO)(NC(=O)CCOc1ccc(F)cc1Cl)C1CC1. The number of aliphatic hydroxyl groups excluding tert-OH is 1. The second-order valence-electron chi connectivity index (χ2n) is 5.57. The van der Waals surface area contributed by atoms with Crippen LogP contribution in [0.2, 0.25) is 5.02 Å². The summed E-state index contributed by atoms with van der Waals surface area (Å²) in [4.78, 5) is 11.9. The second-order valence-corrected chi connectivity index (χ2v) is 5.98. The van der Waals surface area contributed by atoms with Crippen LogP contribution in [0.5, 0.6) is 5.75 Å². The number of carbonyl (C=O) groups is 1. The molecule has 1 aliphatic carbocycles. The first-order valence-corrected chi connectivity index (χ1v) is 7.32. The van der Waals surface area contributed by atoms with Crippen LogP contribution in [0.25, 0.3) is 0 Å². The Balaban J connectivity index is 1.79. The van der Waals surface area contributed by atoms with Gasteiger partial charge < -0.3 is 15.2 Å². The molecule has 1 fully saturated rings. The maximum Gasteiger partial charge on any atom is 0.223 e. The lowest BCUT2D eigenvalue weighted by Gasteiger charge is -2.28. The van der Waals surface area contributed by atoms with Crippen molar-refractivity contribution in [2.45, 2.75) is 31.7 Å². The van der Waals surface area contributed by atoms with E-state index in [-0.39, 0.29) is 30.6 Å². The molecule has 116 valence electrons. The van der Waals surface area contributed by atoms with Crippen LogP contribution >= 0.6 is 11.6 Å². The molecule has 4 nitrogen and oxygen atoms in total. The Hall–Kier alpha value is -1.33. The molecule has 1 amide bonds. The zero-order valence-electron chi connectivity index (χ0n) is 11.9. The Labute approximate surface area is 128 Å². The molecule has 1 aromatic rings. The zero-order valence-corrected chi connectivity index (χ0v) is 12.6. The van der Waals surface area contributed by atoms with Gasteiger partial charge in [-0.1, -0.05) is 11.6 Å². The molecule has 1 unspecified atom stereocenters. The molecular weight excluding hydrogens is 297 g/mol. The molecule has 0 heterocycles. The van der Waals surface area contributed by atoms with E-state index in [1.165, 1.54) is 12.1 Å². The van der Waals surface area contributed by atoms with Crippen LogP contribution in [0, 0.1) is 11.7 Å². The Kier molecular flexibility index (Phi) is 5.06. The number of hydrogen-bond acceptors (Lipinski definition) is 3. The normalized spacial score (nSPS) is 17.1. The number of aliphatic hydroxyl groups is 1. The van der Waals surface area contributed by atoms with Crippen molar-refractivity contribution in [3.05, 3.63) is 29.0 Å². The summed E-state index contributed by atoms with van der Waals surface area (Å²) in [5.74, 6) is 0.0711. The van der Waals surface area contributed by atoms with Crippen LogP contribution in [-0.2, 0) is 4.79 Å². The third kappa shape index (κ3) is 4.32. The zero-order chi connectivity index (χ0) is 15.5. The van der Waals surface area contributed by atoms with E-state index in [0.29, 0.717) is 11.7 Å². The number of halogens is 2.